The third kappa shape index (κ3) is 2.60. The Morgan fingerprint density at radius 3 is 2.71 bits per heavy atom. The molecule has 0 fully saturated rings. The summed E-state index contributed by atoms with van der Waals surface area (Å²) in [5.74, 6) is 0.388. The third-order valence-corrected chi connectivity index (χ3v) is 2.29. The first-order valence-corrected chi connectivity index (χ1v) is 4.70. The van der Waals surface area contributed by atoms with Crippen LogP contribution in [-0.2, 0) is 0 Å². The van der Waals surface area contributed by atoms with Gasteiger partial charge < -0.3 is 10.2 Å². The van der Waals surface area contributed by atoms with Gasteiger partial charge in [0.1, 0.15) is 5.75 Å². The van der Waals surface area contributed by atoms with Crippen LogP contribution in [0.5, 0.6) is 5.75 Å². The molecule has 0 aliphatic rings. The van der Waals surface area contributed by atoms with Crippen LogP contribution in [0.4, 0.5) is 0 Å². The van der Waals surface area contributed by atoms with E-state index in [0.717, 1.165) is 11.1 Å². The lowest BCUT2D eigenvalue weighted by Crippen LogP contribution is -2.02. The summed E-state index contributed by atoms with van der Waals surface area (Å²) in [5, 5.41) is 18.2. The van der Waals surface area contributed by atoms with E-state index in [2.05, 4.69) is 6.58 Å². The molecular formula is C12H16O2. The highest BCUT2D eigenvalue weighted by Gasteiger charge is 2.11. The Morgan fingerprint density at radius 1 is 1.50 bits per heavy atom. The lowest BCUT2D eigenvalue weighted by Gasteiger charge is -2.16. The number of phenols is 1. The summed E-state index contributed by atoms with van der Waals surface area (Å²) < 4.78 is 0. The van der Waals surface area contributed by atoms with Gasteiger partial charge in [0.05, 0.1) is 0 Å². The molecule has 1 atom stereocenters. The van der Waals surface area contributed by atoms with Gasteiger partial charge in [-0.3, -0.25) is 0 Å². The Morgan fingerprint density at radius 2 is 2.21 bits per heavy atom. The van der Waals surface area contributed by atoms with Crippen LogP contribution in [0.25, 0.3) is 0 Å². The molecule has 1 aromatic carbocycles. The predicted octanol–water partition coefficient (Wildman–Crippen LogP) is 2.43. The number of phenolic OH excluding ortho intramolecular Hbond substituents is 1. The Kier molecular flexibility index (Phi) is 3.72. The first-order valence-electron chi connectivity index (χ1n) is 4.70. The Hall–Kier alpha value is -1.28. The van der Waals surface area contributed by atoms with Gasteiger partial charge >= 0.3 is 0 Å². The Balaban J connectivity index is 2.93. The van der Waals surface area contributed by atoms with Gasteiger partial charge in [0.25, 0.3) is 0 Å². The van der Waals surface area contributed by atoms with E-state index in [1.165, 1.54) is 0 Å². The molecule has 1 unspecified atom stereocenters. The Bertz CT molecular complexity index is 318. The largest absolute Gasteiger partial charge is 0.508 e. The van der Waals surface area contributed by atoms with Gasteiger partial charge in [0.2, 0.25) is 0 Å². The molecule has 1 rings (SSSR count). The third-order valence-electron chi connectivity index (χ3n) is 2.29. The lowest BCUT2D eigenvalue weighted by atomic mass is 9.90. The SMILES string of the molecule is C=C(C)C(CCO)c1cccc(O)c1. The van der Waals surface area contributed by atoms with Crippen molar-refractivity contribution in [2.45, 2.75) is 19.3 Å². The zero-order valence-electron chi connectivity index (χ0n) is 8.40. The standard InChI is InChI=1S/C12H16O2/c1-9(2)12(6-7-13)10-4-3-5-11(14)8-10/h3-5,8,12-14H,1,6-7H2,2H3. The smallest absolute Gasteiger partial charge is 0.115 e. The molecule has 0 saturated carbocycles. The van der Waals surface area contributed by atoms with E-state index in [1.54, 1.807) is 18.2 Å². The highest BCUT2D eigenvalue weighted by Crippen LogP contribution is 2.28. The highest BCUT2D eigenvalue weighted by molar-refractivity contribution is 5.33. The van der Waals surface area contributed by atoms with Gasteiger partial charge in [-0.2, -0.15) is 0 Å². The molecule has 14 heavy (non-hydrogen) atoms. The fraction of sp³-hybridized carbons (Fsp3) is 0.333. The summed E-state index contributed by atoms with van der Waals surface area (Å²) in [5.41, 5.74) is 2.01. The molecule has 1 aromatic rings. The Labute approximate surface area is 84.5 Å². The summed E-state index contributed by atoms with van der Waals surface area (Å²) in [4.78, 5) is 0. The molecule has 0 aliphatic heterocycles. The van der Waals surface area contributed by atoms with Crippen molar-refractivity contribution in [2.24, 2.45) is 0 Å². The van der Waals surface area contributed by atoms with Gasteiger partial charge in [-0.25, -0.2) is 0 Å². The molecule has 0 radical (unpaired) electrons. The fourth-order valence-corrected chi connectivity index (χ4v) is 1.57. The molecule has 2 heteroatoms. The number of aromatic hydroxyl groups is 1. The molecule has 0 aromatic heterocycles. The maximum atomic E-state index is 9.32. The highest BCUT2D eigenvalue weighted by atomic mass is 16.3. The van der Waals surface area contributed by atoms with E-state index in [4.69, 9.17) is 5.11 Å². The fourth-order valence-electron chi connectivity index (χ4n) is 1.57. The number of hydrogen-bond donors (Lipinski definition) is 2. The summed E-state index contributed by atoms with van der Waals surface area (Å²) >= 11 is 0. The molecule has 2 nitrogen and oxygen atoms in total. The van der Waals surface area contributed by atoms with Crippen LogP contribution in [0, 0.1) is 0 Å². The zero-order chi connectivity index (χ0) is 10.6. The van der Waals surface area contributed by atoms with Gasteiger partial charge in [-0.15, -0.1) is 0 Å². The second kappa shape index (κ2) is 4.82. The topological polar surface area (TPSA) is 40.5 Å². The van der Waals surface area contributed by atoms with Gasteiger partial charge in [-0.05, 0) is 31.0 Å². The molecule has 2 N–H and O–H groups in total. The zero-order valence-corrected chi connectivity index (χ0v) is 8.40. The molecule has 0 heterocycles. The van der Waals surface area contributed by atoms with E-state index in [9.17, 15) is 5.11 Å². The minimum Gasteiger partial charge on any atom is -0.508 e. The lowest BCUT2D eigenvalue weighted by molar-refractivity contribution is 0.281. The van der Waals surface area contributed by atoms with Crippen LogP contribution in [0.2, 0.25) is 0 Å². The van der Waals surface area contributed by atoms with Crippen molar-refractivity contribution in [1.29, 1.82) is 0 Å². The predicted molar refractivity (Wildman–Crippen MR) is 57.4 cm³/mol. The van der Waals surface area contributed by atoms with Crippen LogP contribution in [0.3, 0.4) is 0 Å². The van der Waals surface area contributed by atoms with Crippen molar-refractivity contribution in [2.75, 3.05) is 6.61 Å². The molecule has 76 valence electrons. The average Bonchev–Trinajstić information content (AvgIpc) is 2.13. The van der Waals surface area contributed by atoms with Crippen molar-refractivity contribution >= 4 is 0 Å². The van der Waals surface area contributed by atoms with Crippen molar-refractivity contribution < 1.29 is 10.2 Å². The van der Waals surface area contributed by atoms with Crippen LogP contribution >= 0.6 is 0 Å². The van der Waals surface area contributed by atoms with Crippen LogP contribution in [0.1, 0.15) is 24.8 Å². The number of hydrogen-bond acceptors (Lipinski definition) is 2. The molecule has 0 spiro atoms. The van der Waals surface area contributed by atoms with Crippen molar-refractivity contribution in [1.82, 2.24) is 0 Å². The number of allylic oxidation sites excluding steroid dienone is 1. The molecule has 0 amide bonds. The van der Waals surface area contributed by atoms with E-state index in [-0.39, 0.29) is 18.3 Å². The number of aliphatic hydroxyl groups is 1. The van der Waals surface area contributed by atoms with Crippen molar-refractivity contribution in [3.05, 3.63) is 42.0 Å². The summed E-state index contributed by atoms with van der Waals surface area (Å²) in [6.45, 7) is 5.95. The molecule has 0 aliphatic carbocycles. The van der Waals surface area contributed by atoms with Crippen molar-refractivity contribution in [3.63, 3.8) is 0 Å². The minimum atomic E-state index is 0.132. The van der Waals surface area contributed by atoms with E-state index >= 15 is 0 Å². The normalized spacial score (nSPS) is 12.4. The number of aliphatic hydroxyl groups excluding tert-OH is 1. The van der Waals surface area contributed by atoms with Gasteiger partial charge in [-0.1, -0.05) is 24.3 Å². The van der Waals surface area contributed by atoms with Crippen LogP contribution < -0.4 is 0 Å². The second-order valence-electron chi connectivity index (χ2n) is 3.51. The summed E-state index contributed by atoms with van der Waals surface area (Å²) in [7, 11) is 0. The monoisotopic (exact) mass is 192 g/mol. The average molecular weight is 192 g/mol. The second-order valence-corrected chi connectivity index (χ2v) is 3.51. The molecule has 0 bridgehead atoms. The van der Waals surface area contributed by atoms with Gasteiger partial charge in [0.15, 0.2) is 0 Å². The summed E-state index contributed by atoms with van der Waals surface area (Å²) in [6.07, 6.45) is 0.652. The van der Waals surface area contributed by atoms with E-state index in [0.29, 0.717) is 6.42 Å². The number of benzene rings is 1. The van der Waals surface area contributed by atoms with Crippen LogP contribution in [-0.4, -0.2) is 16.8 Å². The van der Waals surface area contributed by atoms with Crippen LogP contribution in [0.15, 0.2) is 36.4 Å². The maximum Gasteiger partial charge on any atom is 0.115 e. The van der Waals surface area contributed by atoms with Gasteiger partial charge in [0, 0.05) is 12.5 Å². The van der Waals surface area contributed by atoms with Crippen molar-refractivity contribution in [3.8, 4) is 5.75 Å². The first-order chi connectivity index (χ1) is 6.65. The molecular weight excluding hydrogens is 176 g/mol. The van der Waals surface area contributed by atoms with E-state index in [1.807, 2.05) is 13.0 Å². The summed E-state index contributed by atoms with van der Waals surface area (Å²) in [6, 6.07) is 7.10. The molecule has 0 saturated heterocycles. The maximum absolute atomic E-state index is 9.32. The van der Waals surface area contributed by atoms with E-state index < -0.39 is 0 Å². The number of rotatable bonds is 4. The minimum absolute atomic E-state index is 0.132. The quantitative estimate of drug-likeness (QED) is 0.719. The first kappa shape index (κ1) is 10.8.